The number of carbonyl (C=O) groups is 2. The number of methoxy groups -OCH3 is 4. The van der Waals surface area contributed by atoms with E-state index in [2.05, 4.69) is 4.74 Å². The molecule has 0 heterocycles. The first-order valence-electron chi connectivity index (χ1n) is 6.72. The summed E-state index contributed by atoms with van der Waals surface area (Å²) in [6, 6.07) is 1.04. The van der Waals surface area contributed by atoms with Crippen LogP contribution in [0.15, 0.2) is 6.07 Å². The van der Waals surface area contributed by atoms with Crippen molar-refractivity contribution < 1.29 is 46.1 Å². The summed E-state index contributed by atoms with van der Waals surface area (Å²) in [5.74, 6) is -12.9. The van der Waals surface area contributed by atoms with E-state index >= 15 is 0 Å². The maximum absolute atomic E-state index is 14.1. The topological polar surface area (TPSA) is 71.1 Å². The van der Waals surface area contributed by atoms with E-state index in [4.69, 9.17) is 14.2 Å². The van der Waals surface area contributed by atoms with Gasteiger partial charge >= 0.3 is 17.8 Å². The third-order valence-corrected chi connectivity index (χ3v) is 3.39. The number of esters is 1. The van der Waals surface area contributed by atoms with Crippen LogP contribution in [-0.4, -0.2) is 52.5 Å². The third-order valence-electron chi connectivity index (χ3n) is 3.39. The highest BCUT2D eigenvalue weighted by molar-refractivity contribution is 5.83. The highest BCUT2D eigenvalue weighted by Gasteiger charge is 2.63. The van der Waals surface area contributed by atoms with Crippen molar-refractivity contribution in [2.24, 2.45) is 0 Å². The molecule has 0 aliphatic carbocycles. The smallest absolute Gasteiger partial charge is 0.404 e. The van der Waals surface area contributed by atoms with Gasteiger partial charge in [0.25, 0.3) is 0 Å². The molecule has 1 aromatic rings. The molecule has 0 aliphatic rings. The van der Waals surface area contributed by atoms with Crippen molar-refractivity contribution in [3.05, 3.63) is 17.2 Å². The second-order valence-electron chi connectivity index (χ2n) is 4.78. The van der Waals surface area contributed by atoms with Crippen LogP contribution in [0.4, 0.5) is 17.6 Å². The van der Waals surface area contributed by atoms with Crippen molar-refractivity contribution in [3.63, 3.8) is 0 Å². The Bertz CT molecular complexity index is 660. The molecule has 1 aromatic carbocycles. The largest absolute Gasteiger partial charge is 0.493 e. The molecule has 6 nitrogen and oxygen atoms in total. The van der Waals surface area contributed by atoms with Gasteiger partial charge in [-0.1, -0.05) is 0 Å². The van der Waals surface area contributed by atoms with Crippen molar-refractivity contribution >= 4 is 12.3 Å². The number of carbonyl (C=O) groups excluding carboxylic acids is 2. The summed E-state index contributed by atoms with van der Waals surface area (Å²) >= 11 is 0. The van der Waals surface area contributed by atoms with E-state index in [-0.39, 0.29) is 29.1 Å². The number of aldehydes is 1. The second-order valence-corrected chi connectivity index (χ2v) is 4.78. The van der Waals surface area contributed by atoms with Crippen molar-refractivity contribution in [1.29, 1.82) is 0 Å². The minimum Gasteiger partial charge on any atom is -0.493 e. The molecule has 0 saturated carbocycles. The predicted octanol–water partition coefficient (Wildman–Crippen LogP) is 2.51. The van der Waals surface area contributed by atoms with Crippen LogP contribution >= 0.6 is 0 Å². The summed E-state index contributed by atoms with van der Waals surface area (Å²) in [7, 11) is 4.03. The van der Waals surface area contributed by atoms with Gasteiger partial charge in [0.05, 0.1) is 28.4 Å². The van der Waals surface area contributed by atoms with E-state index in [9.17, 15) is 27.2 Å². The molecular formula is C15H16F4O6. The zero-order valence-corrected chi connectivity index (χ0v) is 13.8. The molecule has 1 rings (SSSR count). The number of alkyl halides is 4. The lowest BCUT2D eigenvalue weighted by molar-refractivity contribution is -0.225. The van der Waals surface area contributed by atoms with Crippen LogP contribution in [0.3, 0.4) is 0 Å². The van der Waals surface area contributed by atoms with E-state index in [1.54, 1.807) is 0 Å². The number of hydrogen-bond acceptors (Lipinski definition) is 6. The van der Waals surface area contributed by atoms with Gasteiger partial charge in [0.15, 0.2) is 17.8 Å². The van der Waals surface area contributed by atoms with Gasteiger partial charge in [0.1, 0.15) is 0 Å². The van der Waals surface area contributed by atoms with Crippen molar-refractivity contribution in [2.75, 3.05) is 28.4 Å². The summed E-state index contributed by atoms with van der Waals surface area (Å²) in [5, 5.41) is 0. The van der Waals surface area contributed by atoms with E-state index in [0.29, 0.717) is 7.11 Å². The number of ether oxygens (including phenoxy) is 4. The number of halogens is 4. The van der Waals surface area contributed by atoms with Crippen LogP contribution in [-0.2, 0) is 16.0 Å². The molecule has 0 radical (unpaired) electrons. The Hall–Kier alpha value is -2.52. The Morgan fingerprint density at radius 3 is 2.00 bits per heavy atom. The third kappa shape index (κ3) is 3.62. The first kappa shape index (κ1) is 20.5. The van der Waals surface area contributed by atoms with Crippen LogP contribution in [0.25, 0.3) is 0 Å². The highest BCUT2D eigenvalue weighted by Crippen LogP contribution is 2.46. The van der Waals surface area contributed by atoms with Gasteiger partial charge in [-0.2, -0.15) is 17.6 Å². The predicted molar refractivity (Wildman–Crippen MR) is 77.1 cm³/mol. The molecule has 0 fully saturated rings. The maximum atomic E-state index is 14.1. The van der Waals surface area contributed by atoms with E-state index < -0.39 is 29.8 Å². The van der Waals surface area contributed by atoms with Crippen LogP contribution in [0, 0.1) is 0 Å². The number of benzene rings is 1. The van der Waals surface area contributed by atoms with Gasteiger partial charge in [-0.15, -0.1) is 0 Å². The van der Waals surface area contributed by atoms with E-state index in [1.807, 2.05) is 0 Å². The Morgan fingerprint density at radius 1 is 1.04 bits per heavy atom. The minimum atomic E-state index is -5.11. The summed E-state index contributed by atoms with van der Waals surface area (Å²) in [6.07, 6.45) is -1.50. The van der Waals surface area contributed by atoms with Gasteiger partial charge in [-0.3, -0.25) is 4.79 Å². The molecule has 0 saturated heterocycles. The number of rotatable bonds is 8. The molecule has 0 spiro atoms. The molecule has 0 bridgehead atoms. The molecule has 0 unspecified atom stereocenters. The van der Waals surface area contributed by atoms with Crippen LogP contribution in [0.1, 0.15) is 15.9 Å². The van der Waals surface area contributed by atoms with Gasteiger partial charge in [-0.25, -0.2) is 4.79 Å². The fourth-order valence-corrected chi connectivity index (χ4v) is 2.13. The Morgan fingerprint density at radius 2 is 1.60 bits per heavy atom. The minimum absolute atomic E-state index is 0.0201. The molecule has 0 atom stereocenters. The number of hydrogen-bond donors (Lipinski definition) is 0. The van der Waals surface area contributed by atoms with Crippen molar-refractivity contribution in [2.45, 2.75) is 18.3 Å². The summed E-state index contributed by atoms with van der Waals surface area (Å²) in [4.78, 5) is 22.2. The Labute approximate surface area is 140 Å². The second kappa shape index (κ2) is 7.58. The average molecular weight is 368 g/mol. The molecule has 25 heavy (non-hydrogen) atoms. The summed E-state index contributed by atoms with van der Waals surface area (Å²) in [5.41, 5.74) is -0.946. The SMILES string of the molecule is COC(=O)C(F)(F)C(F)(F)Cc1c(C=O)cc(OC)c(OC)c1OC. The standard InChI is InChI=1S/C15H16F4O6/c1-22-10-5-8(7-20)9(11(23-2)12(10)24-3)6-14(16,17)15(18,19)13(21)25-4/h5,7H,6H2,1-4H3. The lowest BCUT2D eigenvalue weighted by atomic mass is 9.96. The van der Waals surface area contributed by atoms with Gasteiger partial charge in [0, 0.05) is 17.5 Å². The van der Waals surface area contributed by atoms with Crippen molar-refractivity contribution in [1.82, 2.24) is 0 Å². The monoisotopic (exact) mass is 368 g/mol. The quantitative estimate of drug-likeness (QED) is 0.399. The fraction of sp³-hybridized carbons (Fsp3) is 0.467. The zero-order valence-electron chi connectivity index (χ0n) is 13.8. The lowest BCUT2D eigenvalue weighted by Crippen LogP contribution is -2.49. The summed E-state index contributed by atoms with van der Waals surface area (Å²) in [6.45, 7) is 0. The van der Waals surface area contributed by atoms with E-state index in [0.717, 1.165) is 13.2 Å². The van der Waals surface area contributed by atoms with Crippen LogP contribution in [0.2, 0.25) is 0 Å². The highest BCUT2D eigenvalue weighted by atomic mass is 19.3. The molecule has 0 aromatic heterocycles. The Kier molecular flexibility index (Phi) is 6.22. The molecule has 0 aliphatic heterocycles. The Balaban J connectivity index is 3.56. The first-order chi connectivity index (χ1) is 11.6. The average Bonchev–Trinajstić information content (AvgIpc) is 2.59. The molecular weight excluding hydrogens is 352 g/mol. The zero-order chi connectivity index (χ0) is 19.4. The molecule has 140 valence electrons. The van der Waals surface area contributed by atoms with Gasteiger partial charge < -0.3 is 18.9 Å². The molecule has 0 N–H and O–H groups in total. The van der Waals surface area contributed by atoms with Crippen LogP contribution < -0.4 is 14.2 Å². The van der Waals surface area contributed by atoms with Gasteiger partial charge in [0.2, 0.25) is 5.75 Å². The van der Waals surface area contributed by atoms with E-state index in [1.165, 1.54) is 14.2 Å². The van der Waals surface area contributed by atoms with Crippen LogP contribution in [0.5, 0.6) is 17.2 Å². The molecule has 10 heteroatoms. The molecule has 0 amide bonds. The van der Waals surface area contributed by atoms with Crippen molar-refractivity contribution in [3.8, 4) is 17.2 Å². The fourth-order valence-electron chi connectivity index (χ4n) is 2.13. The first-order valence-corrected chi connectivity index (χ1v) is 6.72. The summed E-state index contributed by atoms with van der Waals surface area (Å²) < 4.78 is 74.1. The maximum Gasteiger partial charge on any atom is 0.404 e. The van der Waals surface area contributed by atoms with Gasteiger partial charge in [-0.05, 0) is 6.07 Å². The normalized spacial score (nSPS) is 11.7. The lowest BCUT2D eigenvalue weighted by Gasteiger charge is -2.26.